The minimum Gasteiger partial charge on any atom is -0.481 e. The lowest BCUT2D eigenvalue weighted by atomic mass is 9.87. The van der Waals surface area contributed by atoms with Crippen molar-refractivity contribution in [1.82, 2.24) is 5.32 Å². The average molecular weight is 229 g/mol. The van der Waals surface area contributed by atoms with E-state index in [2.05, 4.69) is 5.32 Å². The molecule has 4 nitrogen and oxygen atoms in total. The largest absolute Gasteiger partial charge is 0.481 e. The molecule has 1 amide bonds. The van der Waals surface area contributed by atoms with Gasteiger partial charge in [-0.2, -0.15) is 0 Å². The number of hydrogen-bond acceptors (Lipinski definition) is 2. The quantitative estimate of drug-likeness (QED) is 0.758. The molecule has 0 aromatic heterocycles. The standard InChI is InChI=1S/C12H23NO3/c1-6-9(7-10(14)15)11(16)13-8(2)12(3,4)5/h8-9H,6-7H2,1-5H3,(H,13,16)(H,14,15). The molecule has 0 saturated carbocycles. The van der Waals surface area contributed by atoms with Crippen molar-refractivity contribution in [1.29, 1.82) is 0 Å². The normalized spacial score (nSPS) is 15.3. The van der Waals surface area contributed by atoms with Crippen molar-refractivity contribution >= 4 is 11.9 Å². The topological polar surface area (TPSA) is 66.4 Å². The summed E-state index contributed by atoms with van der Waals surface area (Å²) in [7, 11) is 0. The molecule has 0 heterocycles. The van der Waals surface area contributed by atoms with Crippen LogP contribution < -0.4 is 5.32 Å². The van der Waals surface area contributed by atoms with Crippen LogP contribution in [-0.2, 0) is 9.59 Å². The Morgan fingerprint density at radius 3 is 2.12 bits per heavy atom. The second-order valence-corrected chi connectivity index (χ2v) is 5.30. The molecule has 4 heteroatoms. The summed E-state index contributed by atoms with van der Waals surface area (Å²) in [6.07, 6.45) is 0.453. The molecule has 0 bridgehead atoms. The molecule has 94 valence electrons. The zero-order valence-corrected chi connectivity index (χ0v) is 10.8. The number of amides is 1. The average Bonchev–Trinajstić information content (AvgIpc) is 2.11. The molecule has 0 aromatic carbocycles. The van der Waals surface area contributed by atoms with E-state index in [4.69, 9.17) is 5.11 Å². The highest BCUT2D eigenvalue weighted by atomic mass is 16.4. The number of carbonyl (C=O) groups is 2. The highest BCUT2D eigenvalue weighted by molar-refractivity contribution is 5.83. The second-order valence-electron chi connectivity index (χ2n) is 5.30. The lowest BCUT2D eigenvalue weighted by molar-refractivity contribution is -0.141. The van der Waals surface area contributed by atoms with Crippen molar-refractivity contribution in [3.63, 3.8) is 0 Å². The third-order valence-electron chi connectivity index (χ3n) is 2.94. The van der Waals surface area contributed by atoms with Gasteiger partial charge in [-0.1, -0.05) is 27.7 Å². The maximum Gasteiger partial charge on any atom is 0.304 e. The molecule has 0 saturated heterocycles. The van der Waals surface area contributed by atoms with Crippen LogP contribution in [0.15, 0.2) is 0 Å². The highest BCUT2D eigenvalue weighted by Crippen LogP contribution is 2.19. The summed E-state index contributed by atoms with van der Waals surface area (Å²) in [4.78, 5) is 22.4. The molecule has 0 spiro atoms. The third-order valence-corrected chi connectivity index (χ3v) is 2.94. The van der Waals surface area contributed by atoms with Crippen LogP contribution in [0.4, 0.5) is 0 Å². The van der Waals surface area contributed by atoms with Crippen LogP contribution in [0.3, 0.4) is 0 Å². The fraction of sp³-hybridized carbons (Fsp3) is 0.833. The summed E-state index contributed by atoms with van der Waals surface area (Å²) in [5.41, 5.74) is -0.0167. The Morgan fingerprint density at radius 1 is 1.31 bits per heavy atom. The van der Waals surface area contributed by atoms with E-state index in [1.54, 1.807) is 0 Å². The van der Waals surface area contributed by atoms with Gasteiger partial charge in [0.05, 0.1) is 6.42 Å². The van der Waals surface area contributed by atoms with Crippen molar-refractivity contribution in [2.75, 3.05) is 0 Å². The highest BCUT2D eigenvalue weighted by Gasteiger charge is 2.26. The zero-order valence-electron chi connectivity index (χ0n) is 10.8. The summed E-state index contributed by atoms with van der Waals surface area (Å²) in [5.74, 6) is -1.51. The number of carboxylic acids is 1. The molecule has 0 rings (SSSR count). The Morgan fingerprint density at radius 2 is 1.81 bits per heavy atom. The van der Waals surface area contributed by atoms with Gasteiger partial charge in [-0.25, -0.2) is 0 Å². The molecule has 0 aliphatic carbocycles. The third kappa shape index (κ3) is 5.14. The maximum absolute atomic E-state index is 11.8. The van der Waals surface area contributed by atoms with Crippen LogP contribution in [0.1, 0.15) is 47.5 Å². The fourth-order valence-electron chi connectivity index (χ4n) is 1.18. The number of carbonyl (C=O) groups excluding carboxylic acids is 1. The van der Waals surface area contributed by atoms with E-state index in [1.807, 2.05) is 34.6 Å². The number of aliphatic carboxylic acids is 1. The van der Waals surface area contributed by atoms with Crippen LogP contribution in [0.2, 0.25) is 0 Å². The van der Waals surface area contributed by atoms with E-state index < -0.39 is 11.9 Å². The van der Waals surface area contributed by atoms with Gasteiger partial charge < -0.3 is 10.4 Å². The maximum atomic E-state index is 11.8. The first-order valence-corrected chi connectivity index (χ1v) is 5.70. The predicted molar refractivity (Wildman–Crippen MR) is 63.1 cm³/mol. The van der Waals surface area contributed by atoms with Gasteiger partial charge in [-0.15, -0.1) is 0 Å². The molecule has 2 N–H and O–H groups in total. The summed E-state index contributed by atoms with van der Waals surface area (Å²) in [5, 5.41) is 11.6. The summed E-state index contributed by atoms with van der Waals surface area (Å²) >= 11 is 0. The smallest absolute Gasteiger partial charge is 0.304 e. The van der Waals surface area contributed by atoms with Crippen LogP contribution in [0.25, 0.3) is 0 Å². The lowest BCUT2D eigenvalue weighted by Crippen LogP contribution is -2.44. The predicted octanol–water partition coefficient (Wildman–Crippen LogP) is 2.04. The number of carboxylic acid groups (broad SMARTS) is 1. The van der Waals surface area contributed by atoms with Crippen molar-refractivity contribution in [2.45, 2.75) is 53.5 Å². The Balaban J connectivity index is 4.37. The summed E-state index contributed by atoms with van der Waals surface area (Å²) < 4.78 is 0. The molecule has 0 aliphatic heterocycles. The van der Waals surface area contributed by atoms with E-state index in [1.165, 1.54) is 0 Å². The molecule has 16 heavy (non-hydrogen) atoms. The first-order chi connectivity index (χ1) is 7.18. The lowest BCUT2D eigenvalue weighted by Gasteiger charge is -2.29. The Hall–Kier alpha value is -1.06. The second kappa shape index (κ2) is 5.87. The molecule has 2 unspecified atom stereocenters. The van der Waals surface area contributed by atoms with Gasteiger partial charge in [0, 0.05) is 12.0 Å². The van der Waals surface area contributed by atoms with Crippen LogP contribution in [0, 0.1) is 11.3 Å². The van der Waals surface area contributed by atoms with Gasteiger partial charge in [0.15, 0.2) is 0 Å². The van der Waals surface area contributed by atoms with E-state index >= 15 is 0 Å². The minimum absolute atomic E-state index is 0.0167. The van der Waals surface area contributed by atoms with E-state index in [9.17, 15) is 9.59 Å². The van der Waals surface area contributed by atoms with Crippen LogP contribution >= 0.6 is 0 Å². The Bertz CT molecular complexity index is 255. The monoisotopic (exact) mass is 229 g/mol. The van der Waals surface area contributed by atoms with E-state index in [0.29, 0.717) is 6.42 Å². The number of hydrogen-bond donors (Lipinski definition) is 2. The SMILES string of the molecule is CCC(CC(=O)O)C(=O)NC(C)C(C)(C)C. The zero-order chi connectivity index (χ0) is 12.9. The molecular weight excluding hydrogens is 206 g/mol. The van der Waals surface area contributed by atoms with Gasteiger partial charge >= 0.3 is 5.97 Å². The molecule has 0 aromatic rings. The minimum atomic E-state index is -0.926. The van der Waals surface area contributed by atoms with E-state index in [0.717, 1.165) is 0 Å². The first kappa shape index (κ1) is 14.9. The molecule has 0 radical (unpaired) electrons. The van der Waals surface area contributed by atoms with Crippen molar-refractivity contribution in [2.24, 2.45) is 11.3 Å². The molecular formula is C12H23NO3. The van der Waals surface area contributed by atoms with Gasteiger partial charge in [-0.3, -0.25) is 9.59 Å². The summed E-state index contributed by atoms with van der Waals surface area (Å²) in [6.45, 7) is 9.88. The molecule has 0 fully saturated rings. The van der Waals surface area contributed by atoms with Crippen LogP contribution in [-0.4, -0.2) is 23.0 Å². The summed E-state index contributed by atoms with van der Waals surface area (Å²) in [6, 6.07) is 0.0304. The van der Waals surface area contributed by atoms with Crippen molar-refractivity contribution in [3.05, 3.63) is 0 Å². The van der Waals surface area contributed by atoms with Crippen LogP contribution in [0.5, 0.6) is 0 Å². The van der Waals surface area contributed by atoms with Crippen molar-refractivity contribution in [3.8, 4) is 0 Å². The van der Waals surface area contributed by atoms with Gasteiger partial charge in [-0.05, 0) is 18.8 Å². The van der Waals surface area contributed by atoms with Gasteiger partial charge in [0.2, 0.25) is 5.91 Å². The first-order valence-electron chi connectivity index (χ1n) is 5.70. The van der Waals surface area contributed by atoms with Gasteiger partial charge in [0.25, 0.3) is 0 Å². The molecule has 0 aliphatic rings. The molecule has 2 atom stereocenters. The number of rotatable bonds is 5. The van der Waals surface area contributed by atoms with Gasteiger partial charge in [0.1, 0.15) is 0 Å². The number of nitrogens with one attached hydrogen (secondary N) is 1. The Kier molecular flexibility index (Phi) is 5.48. The van der Waals surface area contributed by atoms with E-state index in [-0.39, 0.29) is 23.8 Å². The fourth-order valence-corrected chi connectivity index (χ4v) is 1.18. The Labute approximate surface area is 97.4 Å². The van der Waals surface area contributed by atoms with Crippen molar-refractivity contribution < 1.29 is 14.7 Å².